The van der Waals surface area contributed by atoms with Gasteiger partial charge in [-0.05, 0) is 35.4 Å². The molecule has 0 radical (unpaired) electrons. The standard InChI is InChI=1S/C24H20Br2N8O2/c25-19-5-1-17(2-6-19)11-32-14-21(27-29-32)13-31-10-9-23(35)34(24(31)36)16-22-15-33(30-28-22)12-18-3-7-20(26)8-4-18/h1-10,14-15H,11-13,16H2. The Balaban J connectivity index is 1.29. The van der Waals surface area contributed by atoms with Gasteiger partial charge in [0.1, 0.15) is 11.4 Å². The fourth-order valence-electron chi connectivity index (χ4n) is 3.69. The van der Waals surface area contributed by atoms with Crippen molar-refractivity contribution in [1.29, 1.82) is 0 Å². The van der Waals surface area contributed by atoms with E-state index in [1.165, 1.54) is 16.8 Å². The van der Waals surface area contributed by atoms with Crippen molar-refractivity contribution in [2.24, 2.45) is 0 Å². The predicted octanol–water partition coefficient (Wildman–Crippen LogP) is 2.91. The molecule has 3 aromatic heterocycles. The molecule has 0 saturated heterocycles. The molecule has 5 rings (SSSR count). The van der Waals surface area contributed by atoms with Crippen LogP contribution in [0.5, 0.6) is 0 Å². The minimum Gasteiger partial charge on any atom is -0.294 e. The van der Waals surface area contributed by atoms with Crippen LogP contribution in [0.1, 0.15) is 22.5 Å². The van der Waals surface area contributed by atoms with E-state index in [4.69, 9.17) is 0 Å². The summed E-state index contributed by atoms with van der Waals surface area (Å²) in [5.74, 6) is 0. The largest absolute Gasteiger partial charge is 0.331 e. The highest BCUT2D eigenvalue weighted by Gasteiger charge is 2.11. The number of hydrogen-bond donors (Lipinski definition) is 0. The maximum atomic E-state index is 13.1. The molecule has 0 bridgehead atoms. The monoisotopic (exact) mass is 610 g/mol. The third-order valence-electron chi connectivity index (χ3n) is 5.48. The van der Waals surface area contributed by atoms with E-state index in [1.807, 2.05) is 48.5 Å². The minimum absolute atomic E-state index is 0.0229. The molecule has 2 aromatic carbocycles. The fourth-order valence-corrected chi connectivity index (χ4v) is 4.22. The minimum atomic E-state index is -0.451. The third-order valence-corrected chi connectivity index (χ3v) is 6.54. The Kier molecular flexibility index (Phi) is 7.05. The molecule has 0 atom stereocenters. The summed E-state index contributed by atoms with van der Waals surface area (Å²) in [7, 11) is 0. The maximum Gasteiger partial charge on any atom is 0.331 e. The van der Waals surface area contributed by atoms with Crippen molar-refractivity contribution < 1.29 is 0 Å². The van der Waals surface area contributed by atoms with E-state index in [9.17, 15) is 9.59 Å². The van der Waals surface area contributed by atoms with Crippen LogP contribution in [0.15, 0.2) is 91.7 Å². The summed E-state index contributed by atoms with van der Waals surface area (Å²) < 4.78 is 7.96. The Morgan fingerprint density at radius 3 is 1.67 bits per heavy atom. The zero-order valence-corrected chi connectivity index (χ0v) is 22.1. The summed E-state index contributed by atoms with van der Waals surface area (Å²) >= 11 is 6.85. The lowest BCUT2D eigenvalue weighted by atomic mass is 10.2. The Labute approximate surface area is 222 Å². The van der Waals surface area contributed by atoms with Crippen molar-refractivity contribution >= 4 is 31.9 Å². The van der Waals surface area contributed by atoms with Crippen LogP contribution in [0.2, 0.25) is 0 Å². The molecular weight excluding hydrogens is 592 g/mol. The number of aromatic nitrogens is 8. The Hall–Kier alpha value is -3.64. The summed E-state index contributed by atoms with van der Waals surface area (Å²) in [4.78, 5) is 25.5. The molecule has 0 unspecified atom stereocenters. The number of nitrogens with zero attached hydrogens (tertiary/aromatic N) is 8. The zero-order valence-electron chi connectivity index (χ0n) is 18.9. The molecule has 0 spiro atoms. The zero-order chi connectivity index (χ0) is 25.1. The molecule has 10 nitrogen and oxygen atoms in total. The van der Waals surface area contributed by atoms with Gasteiger partial charge in [0.05, 0.1) is 38.6 Å². The molecule has 0 aliphatic carbocycles. The van der Waals surface area contributed by atoms with Gasteiger partial charge in [0.2, 0.25) is 0 Å². The van der Waals surface area contributed by atoms with E-state index in [2.05, 4.69) is 52.5 Å². The van der Waals surface area contributed by atoms with Gasteiger partial charge < -0.3 is 0 Å². The molecule has 182 valence electrons. The molecule has 3 heterocycles. The SMILES string of the molecule is O=c1ccn(Cc2cn(Cc3ccc(Br)cc3)nn2)c(=O)n1Cc1cn(Cc2ccc(Br)cc2)nn1. The van der Waals surface area contributed by atoms with E-state index in [0.717, 1.165) is 24.6 Å². The average Bonchev–Trinajstić information content (AvgIpc) is 3.50. The average molecular weight is 612 g/mol. The summed E-state index contributed by atoms with van der Waals surface area (Å²) in [5, 5.41) is 16.6. The van der Waals surface area contributed by atoms with Gasteiger partial charge in [-0.2, -0.15) is 0 Å². The smallest absolute Gasteiger partial charge is 0.294 e. The van der Waals surface area contributed by atoms with Gasteiger partial charge >= 0.3 is 5.69 Å². The highest BCUT2D eigenvalue weighted by Crippen LogP contribution is 2.12. The van der Waals surface area contributed by atoms with Crippen molar-refractivity contribution in [3.05, 3.63) is 125 Å². The second-order valence-electron chi connectivity index (χ2n) is 8.22. The van der Waals surface area contributed by atoms with Gasteiger partial charge in [0.25, 0.3) is 5.56 Å². The third kappa shape index (κ3) is 5.77. The second-order valence-corrected chi connectivity index (χ2v) is 10.0. The molecule has 0 saturated carbocycles. The van der Waals surface area contributed by atoms with Crippen LogP contribution in [0.4, 0.5) is 0 Å². The quantitative estimate of drug-likeness (QED) is 0.267. The molecule has 0 N–H and O–H groups in total. The van der Waals surface area contributed by atoms with Gasteiger partial charge in [-0.3, -0.25) is 13.9 Å². The molecule has 12 heteroatoms. The second kappa shape index (κ2) is 10.5. The van der Waals surface area contributed by atoms with Crippen molar-refractivity contribution in [3.8, 4) is 0 Å². The Bertz CT molecular complexity index is 1600. The van der Waals surface area contributed by atoms with Crippen LogP contribution in [0, 0.1) is 0 Å². The van der Waals surface area contributed by atoms with Gasteiger partial charge in [-0.15, -0.1) is 10.2 Å². The lowest BCUT2D eigenvalue weighted by Crippen LogP contribution is -2.39. The summed E-state index contributed by atoms with van der Waals surface area (Å²) in [6.07, 6.45) is 5.00. The highest BCUT2D eigenvalue weighted by atomic mass is 79.9. The molecular formula is C24H20Br2N8O2. The predicted molar refractivity (Wildman–Crippen MR) is 140 cm³/mol. The van der Waals surface area contributed by atoms with Gasteiger partial charge in [-0.25, -0.2) is 14.2 Å². The number of halogens is 2. The van der Waals surface area contributed by atoms with E-state index in [1.54, 1.807) is 21.8 Å². The van der Waals surface area contributed by atoms with Gasteiger partial charge in [0, 0.05) is 21.2 Å². The molecule has 0 fully saturated rings. The molecule has 5 aromatic rings. The first-order chi connectivity index (χ1) is 17.4. The van der Waals surface area contributed by atoms with Crippen LogP contribution in [-0.2, 0) is 26.2 Å². The number of rotatable bonds is 8. The van der Waals surface area contributed by atoms with E-state index >= 15 is 0 Å². The first-order valence-corrected chi connectivity index (χ1v) is 12.6. The first-order valence-electron chi connectivity index (χ1n) is 11.0. The number of hydrogen-bond acceptors (Lipinski definition) is 6. The van der Waals surface area contributed by atoms with Crippen LogP contribution in [0.25, 0.3) is 0 Å². The summed E-state index contributed by atoms with van der Waals surface area (Å²) in [6.45, 7) is 1.31. The van der Waals surface area contributed by atoms with E-state index in [-0.39, 0.29) is 13.1 Å². The van der Waals surface area contributed by atoms with Crippen molar-refractivity contribution in [1.82, 2.24) is 39.1 Å². The van der Waals surface area contributed by atoms with Crippen LogP contribution < -0.4 is 11.2 Å². The molecule has 0 aliphatic rings. The van der Waals surface area contributed by atoms with Gasteiger partial charge in [0.15, 0.2) is 0 Å². The van der Waals surface area contributed by atoms with Crippen LogP contribution in [-0.4, -0.2) is 39.1 Å². The lowest BCUT2D eigenvalue weighted by Gasteiger charge is -2.07. The van der Waals surface area contributed by atoms with Crippen LogP contribution in [0.3, 0.4) is 0 Å². The summed E-state index contributed by atoms with van der Waals surface area (Å²) in [5.41, 5.74) is 2.41. The highest BCUT2D eigenvalue weighted by molar-refractivity contribution is 9.10. The van der Waals surface area contributed by atoms with Crippen molar-refractivity contribution in [2.75, 3.05) is 0 Å². The molecule has 0 amide bonds. The van der Waals surface area contributed by atoms with Crippen molar-refractivity contribution in [2.45, 2.75) is 26.2 Å². The Morgan fingerprint density at radius 1 is 0.639 bits per heavy atom. The van der Waals surface area contributed by atoms with Crippen LogP contribution >= 0.6 is 31.9 Å². The Morgan fingerprint density at radius 2 is 1.14 bits per heavy atom. The van der Waals surface area contributed by atoms with Crippen molar-refractivity contribution in [3.63, 3.8) is 0 Å². The fraction of sp³-hybridized carbons (Fsp3) is 0.167. The normalized spacial score (nSPS) is 11.2. The van der Waals surface area contributed by atoms with E-state index in [0.29, 0.717) is 24.5 Å². The van der Waals surface area contributed by atoms with E-state index < -0.39 is 11.2 Å². The topological polar surface area (TPSA) is 105 Å². The first kappa shape index (κ1) is 24.1. The molecule has 0 aliphatic heterocycles. The maximum absolute atomic E-state index is 13.1. The van der Waals surface area contributed by atoms with Gasteiger partial charge in [-0.1, -0.05) is 66.6 Å². The summed E-state index contributed by atoms with van der Waals surface area (Å²) in [6, 6.07) is 17.2. The lowest BCUT2D eigenvalue weighted by molar-refractivity contribution is 0.599. The molecule has 36 heavy (non-hydrogen) atoms. The number of benzene rings is 2.